The number of aromatic nitrogens is 2. The predicted molar refractivity (Wildman–Crippen MR) is 116 cm³/mol. The van der Waals surface area contributed by atoms with Crippen LogP contribution in [0.15, 0.2) is 47.0 Å². The molecule has 3 nitrogen and oxygen atoms in total. The number of hydrogen-bond donors (Lipinski definition) is 0. The van der Waals surface area contributed by atoms with Gasteiger partial charge < -0.3 is 4.42 Å². The van der Waals surface area contributed by atoms with Crippen molar-refractivity contribution < 1.29 is 14.5 Å². The molecule has 146 valence electrons. The maximum absolute atomic E-state index is 9.33. The van der Waals surface area contributed by atoms with Gasteiger partial charge in [0.25, 0.3) is 0 Å². The molecule has 0 saturated heterocycles. The summed E-state index contributed by atoms with van der Waals surface area (Å²) in [6, 6.07) is 11.7. The Morgan fingerprint density at radius 2 is 2.03 bits per heavy atom. The summed E-state index contributed by atoms with van der Waals surface area (Å²) in [5.41, 5.74) is 5.20. The first-order valence-electron chi connectivity index (χ1n) is 12.5. The molecule has 4 aromatic rings. The van der Waals surface area contributed by atoms with Crippen molar-refractivity contribution in [2.24, 2.45) is 18.9 Å². The Morgan fingerprint density at radius 1 is 1.14 bits per heavy atom. The van der Waals surface area contributed by atoms with Crippen LogP contribution in [0.2, 0.25) is 0 Å². The first kappa shape index (κ1) is 13.5. The number of furan rings is 1. The van der Waals surface area contributed by atoms with Gasteiger partial charge in [0.15, 0.2) is 11.8 Å². The molecule has 2 bridgehead atoms. The Hall–Kier alpha value is -2.68. The Labute approximate surface area is 177 Å². The van der Waals surface area contributed by atoms with Gasteiger partial charge in [-0.3, -0.25) is 0 Å². The van der Waals surface area contributed by atoms with E-state index in [2.05, 4.69) is 40.9 Å². The number of nitrogens with zero attached hydrogens (tertiary/aromatic N) is 2. The van der Waals surface area contributed by atoms with Crippen LogP contribution < -0.4 is 4.57 Å². The Morgan fingerprint density at radius 3 is 2.83 bits per heavy atom. The predicted octanol–water partition coefficient (Wildman–Crippen LogP) is 5.99. The molecule has 2 aliphatic rings. The minimum Gasteiger partial charge on any atom is -0.437 e. The summed E-state index contributed by atoms with van der Waals surface area (Å²) in [5, 5.41) is 1.73. The van der Waals surface area contributed by atoms with Crippen molar-refractivity contribution in [3.05, 3.63) is 59.4 Å². The fraction of sp³-hybridized carbons (Fsp3) is 0.385. The molecule has 2 fully saturated rings. The van der Waals surface area contributed by atoms with Gasteiger partial charge in [0.1, 0.15) is 7.05 Å². The summed E-state index contributed by atoms with van der Waals surface area (Å²) < 4.78 is 40.7. The van der Waals surface area contributed by atoms with Crippen molar-refractivity contribution in [1.29, 1.82) is 0 Å². The third kappa shape index (κ3) is 2.56. The van der Waals surface area contributed by atoms with E-state index in [1.165, 1.54) is 12.8 Å². The molecular weight excluding hydrogens is 356 g/mol. The van der Waals surface area contributed by atoms with Crippen LogP contribution in [-0.4, -0.2) is 4.98 Å². The van der Waals surface area contributed by atoms with E-state index in [0.717, 1.165) is 46.0 Å². The lowest BCUT2D eigenvalue weighted by Crippen LogP contribution is -2.31. The van der Waals surface area contributed by atoms with Gasteiger partial charge in [0.05, 0.1) is 5.56 Å². The third-order valence-corrected chi connectivity index (χ3v) is 7.03. The molecule has 29 heavy (non-hydrogen) atoms. The number of pyridine rings is 2. The zero-order valence-corrected chi connectivity index (χ0v) is 16.8. The molecule has 3 heteroatoms. The molecule has 0 radical (unpaired) electrons. The molecule has 3 aromatic heterocycles. The van der Waals surface area contributed by atoms with Gasteiger partial charge in [-0.2, -0.15) is 0 Å². The van der Waals surface area contributed by atoms with Gasteiger partial charge in [-0.15, -0.1) is 0 Å². The van der Waals surface area contributed by atoms with Gasteiger partial charge in [-0.25, -0.2) is 9.55 Å². The molecule has 2 aliphatic carbocycles. The monoisotopic (exact) mass is 387 g/mol. The van der Waals surface area contributed by atoms with Crippen molar-refractivity contribution in [3.63, 3.8) is 0 Å². The quantitative estimate of drug-likeness (QED) is 0.395. The average molecular weight is 388 g/mol. The van der Waals surface area contributed by atoms with Crippen LogP contribution in [-0.2, 0) is 7.05 Å². The molecule has 0 amide bonds. The zero-order chi connectivity index (χ0) is 23.1. The fourth-order valence-corrected chi connectivity index (χ4v) is 5.56. The topological polar surface area (TPSA) is 29.9 Å². The van der Waals surface area contributed by atoms with Crippen molar-refractivity contribution >= 4 is 22.1 Å². The number of aryl methyl sites for hydroxylation is 3. The number of rotatable bonds is 2. The lowest BCUT2D eigenvalue weighted by molar-refractivity contribution is -0.660. The molecule has 3 unspecified atom stereocenters. The highest BCUT2D eigenvalue weighted by Gasteiger charge is 2.40. The highest BCUT2D eigenvalue weighted by molar-refractivity contribution is 6.08. The van der Waals surface area contributed by atoms with E-state index in [0.29, 0.717) is 23.1 Å². The van der Waals surface area contributed by atoms with Crippen molar-refractivity contribution in [2.45, 2.75) is 45.4 Å². The summed E-state index contributed by atoms with van der Waals surface area (Å²) in [6.07, 6.45) is 6.59. The molecule has 0 N–H and O–H groups in total. The fourth-order valence-electron chi connectivity index (χ4n) is 5.56. The largest absolute Gasteiger partial charge is 0.437 e. The summed E-state index contributed by atoms with van der Waals surface area (Å²) in [5.74, 6) is 0.607. The van der Waals surface area contributed by atoms with Crippen LogP contribution >= 0.6 is 0 Å². The van der Waals surface area contributed by atoms with E-state index in [1.54, 1.807) is 12.1 Å². The highest BCUT2D eigenvalue weighted by atomic mass is 16.3. The summed E-state index contributed by atoms with van der Waals surface area (Å²) >= 11 is 0. The van der Waals surface area contributed by atoms with E-state index in [1.807, 2.05) is 13.1 Å². The van der Waals surface area contributed by atoms with Crippen LogP contribution in [0.1, 0.15) is 53.9 Å². The van der Waals surface area contributed by atoms with Crippen molar-refractivity contribution in [3.8, 4) is 11.3 Å². The molecule has 0 aliphatic heterocycles. The van der Waals surface area contributed by atoms with Crippen molar-refractivity contribution in [2.75, 3.05) is 0 Å². The standard InChI is InChI=1S/C26H27N2O/c1-15-4-8-20-21-9-5-16(2)27-26(21)29-25(20)24(15)23-14-19(10-11-28(23)3)22-13-17-6-7-18(22)12-17/h4-5,8-11,14,17-18,22H,6-7,12-13H2,1-3H3/q+1/i2D3,22D. The Kier molecular flexibility index (Phi) is 2.87. The maximum atomic E-state index is 9.33. The number of fused-ring (bicyclic) bond motifs is 5. The van der Waals surface area contributed by atoms with Gasteiger partial charge in [0.2, 0.25) is 11.4 Å². The number of hydrogen-bond acceptors (Lipinski definition) is 2. The molecular formula is C26H27N2O+. The smallest absolute Gasteiger partial charge is 0.227 e. The van der Waals surface area contributed by atoms with Gasteiger partial charge in [-0.05, 0) is 74.0 Å². The second-order valence-corrected chi connectivity index (χ2v) is 8.80. The van der Waals surface area contributed by atoms with E-state index in [-0.39, 0.29) is 5.69 Å². The van der Waals surface area contributed by atoms with Crippen LogP contribution in [0.5, 0.6) is 0 Å². The highest BCUT2D eigenvalue weighted by Crippen LogP contribution is 2.53. The van der Waals surface area contributed by atoms with Gasteiger partial charge >= 0.3 is 0 Å². The SMILES string of the molecule is [2H]C([2H])([2H])c1ccc2c(n1)oc1c(-c3cc(C4([2H])CC5CCC4C5)cc[n+]3C)c(C)ccc12. The lowest BCUT2D eigenvalue weighted by Gasteiger charge is -2.22. The molecule has 2 saturated carbocycles. The van der Waals surface area contributed by atoms with Gasteiger partial charge in [0, 0.05) is 34.1 Å². The van der Waals surface area contributed by atoms with Crippen LogP contribution in [0.3, 0.4) is 0 Å². The molecule has 6 rings (SSSR count). The summed E-state index contributed by atoms with van der Waals surface area (Å²) in [7, 11) is 2.02. The Balaban J connectivity index is 1.56. The Bertz CT molecular complexity index is 1420. The zero-order valence-electron chi connectivity index (χ0n) is 20.8. The summed E-state index contributed by atoms with van der Waals surface area (Å²) in [6.45, 7) is -0.223. The third-order valence-electron chi connectivity index (χ3n) is 7.03. The minimum atomic E-state index is -2.28. The second-order valence-electron chi connectivity index (χ2n) is 8.80. The van der Waals surface area contributed by atoms with E-state index >= 15 is 0 Å². The first-order valence-corrected chi connectivity index (χ1v) is 10.5. The van der Waals surface area contributed by atoms with Gasteiger partial charge in [-0.1, -0.05) is 18.6 Å². The van der Waals surface area contributed by atoms with Crippen LogP contribution in [0.25, 0.3) is 33.3 Å². The molecule has 1 aromatic carbocycles. The van der Waals surface area contributed by atoms with Crippen LogP contribution in [0.4, 0.5) is 0 Å². The molecule has 0 spiro atoms. The average Bonchev–Trinajstić information content (AvgIpc) is 3.46. The number of benzene rings is 1. The maximum Gasteiger partial charge on any atom is 0.227 e. The minimum absolute atomic E-state index is 0.0346. The van der Waals surface area contributed by atoms with Crippen LogP contribution in [0, 0.1) is 25.6 Å². The van der Waals surface area contributed by atoms with E-state index < -0.39 is 12.7 Å². The lowest BCUT2D eigenvalue weighted by atomic mass is 9.83. The van der Waals surface area contributed by atoms with E-state index in [9.17, 15) is 1.37 Å². The van der Waals surface area contributed by atoms with Crippen molar-refractivity contribution in [1.82, 2.24) is 4.98 Å². The molecule has 3 heterocycles. The second kappa shape index (κ2) is 6.16. The normalized spacial score (nSPS) is 28.5. The summed E-state index contributed by atoms with van der Waals surface area (Å²) in [4.78, 5) is 4.32. The first-order chi connectivity index (χ1) is 15.6. The van der Waals surface area contributed by atoms with E-state index in [4.69, 9.17) is 8.53 Å². The molecule has 3 atom stereocenters.